The minimum Gasteiger partial charge on any atom is -0.357 e. The highest BCUT2D eigenvalue weighted by atomic mass is 79.9. The van der Waals surface area contributed by atoms with Crippen molar-refractivity contribution in [3.63, 3.8) is 0 Å². The molecule has 1 aliphatic heterocycles. The highest BCUT2D eigenvalue weighted by Gasteiger charge is 2.15. The molecule has 4 nitrogen and oxygen atoms in total. The number of nitrogens with zero attached hydrogens (tertiary/aromatic N) is 2. The molecule has 1 fully saturated rings. The third kappa shape index (κ3) is 3.30. The number of carbonyl (C=O) groups excluding carboxylic acids is 1. The molecular weight excluding hydrogens is 342 g/mol. The van der Waals surface area contributed by atoms with Crippen LogP contribution in [0, 0.1) is 6.92 Å². The lowest BCUT2D eigenvalue weighted by molar-refractivity contribution is 0.102. The van der Waals surface area contributed by atoms with Crippen LogP contribution in [0.4, 0.5) is 11.5 Å². The number of aromatic nitrogens is 1. The van der Waals surface area contributed by atoms with Crippen LogP contribution in [-0.4, -0.2) is 24.0 Å². The van der Waals surface area contributed by atoms with Gasteiger partial charge < -0.3 is 10.2 Å². The molecule has 0 spiro atoms. The average Bonchev–Trinajstić information content (AvgIpc) is 3.05. The number of aryl methyl sites for hydroxylation is 1. The van der Waals surface area contributed by atoms with E-state index >= 15 is 0 Å². The van der Waals surface area contributed by atoms with Crippen LogP contribution in [0.1, 0.15) is 28.8 Å². The Morgan fingerprint density at radius 1 is 1.23 bits per heavy atom. The standard InChI is InChI=1S/C17H18BrN3O/c1-12-10-14(4-5-15(12)18)20-17(22)13-6-7-19-16(11-13)21-8-2-3-9-21/h4-7,10-11H,2-3,8-9H2,1H3,(H,20,22). The van der Waals surface area contributed by atoms with Gasteiger partial charge in [-0.2, -0.15) is 0 Å². The molecule has 22 heavy (non-hydrogen) atoms. The van der Waals surface area contributed by atoms with Crippen molar-refractivity contribution in [2.45, 2.75) is 19.8 Å². The summed E-state index contributed by atoms with van der Waals surface area (Å²) in [5.74, 6) is 0.779. The van der Waals surface area contributed by atoms with Gasteiger partial charge in [-0.25, -0.2) is 4.98 Å². The van der Waals surface area contributed by atoms with Gasteiger partial charge in [0, 0.05) is 35.0 Å². The maximum Gasteiger partial charge on any atom is 0.255 e. The van der Waals surface area contributed by atoms with Gasteiger partial charge in [0.1, 0.15) is 5.82 Å². The highest BCUT2D eigenvalue weighted by Crippen LogP contribution is 2.22. The predicted octanol–water partition coefficient (Wildman–Crippen LogP) is 4.01. The molecule has 0 saturated carbocycles. The second-order valence-corrected chi connectivity index (χ2v) is 6.37. The van der Waals surface area contributed by atoms with E-state index in [1.54, 1.807) is 12.3 Å². The van der Waals surface area contributed by atoms with Crippen LogP contribution in [-0.2, 0) is 0 Å². The molecule has 5 heteroatoms. The number of amides is 1. The number of anilines is 2. The summed E-state index contributed by atoms with van der Waals surface area (Å²) in [6.07, 6.45) is 4.09. The number of carbonyl (C=O) groups is 1. The molecule has 3 rings (SSSR count). The van der Waals surface area contributed by atoms with Gasteiger partial charge in [0.15, 0.2) is 0 Å². The van der Waals surface area contributed by atoms with Gasteiger partial charge in [0.25, 0.3) is 5.91 Å². The smallest absolute Gasteiger partial charge is 0.255 e. The molecular formula is C17H18BrN3O. The van der Waals surface area contributed by atoms with E-state index in [0.717, 1.165) is 34.6 Å². The first-order valence-electron chi connectivity index (χ1n) is 7.42. The Kier molecular flexibility index (Phi) is 4.43. The molecule has 0 aliphatic carbocycles. The zero-order valence-electron chi connectivity index (χ0n) is 12.5. The lowest BCUT2D eigenvalue weighted by Crippen LogP contribution is -2.20. The van der Waals surface area contributed by atoms with Crippen LogP contribution in [0.2, 0.25) is 0 Å². The maximum atomic E-state index is 12.4. The SMILES string of the molecule is Cc1cc(NC(=O)c2ccnc(N3CCCC3)c2)ccc1Br. The second-order valence-electron chi connectivity index (χ2n) is 5.51. The Labute approximate surface area is 138 Å². The lowest BCUT2D eigenvalue weighted by Gasteiger charge is -2.16. The number of hydrogen-bond donors (Lipinski definition) is 1. The predicted molar refractivity (Wildman–Crippen MR) is 92.5 cm³/mol. The van der Waals surface area contributed by atoms with Crippen molar-refractivity contribution < 1.29 is 4.79 Å². The fraction of sp³-hybridized carbons (Fsp3) is 0.294. The number of nitrogens with one attached hydrogen (secondary N) is 1. The molecule has 1 saturated heterocycles. The Balaban J connectivity index is 1.76. The average molecular weight is 360 g/mol. The van der Waals surface area contributed by atoms with Gasteiger partial charge in [0.2, 0.25) is 0 Å². The molecule has 2 aromatic rings. The largest absolute Gasteiger partial charge is 0.357 e. The maximum absolute atomic E-state index is 12.4. The molecule has 0 bridgehead atoms. The van der Waals surface area contributed by atoms with E-state index in [0.29, 0.717) is 5.56 Å². The van der Waals surface area contributed by atoms with Gasteiger partial charge in [-0.05, 0) is 55.7 Å². The summed E-state index contributed by atoms with van der Waals surface area (Å²) >= 11 is 3.46. The molecule has 1 aliphatic rings. The summed E-state index contributed by atoms with van der Waals surface area (Å²) in [4.78, 5) is 19.0. The van der Waals surface area contributed by atoms with Gasteiger partial charge in [-0.15, -0.1) is 0 Å². The molecule has 1 aromatic carbocycles. The van der Waals surface area contributed by atoms with E-state index in [1.807, 2.05) is 31.2 Å². The van der Waals surface area contributed by atoms with Gasteiger partial charge in [-0.3, -0.25) is 4.79 Å². The van der Waals surface area contributed by atoms with Crippen molar-refractivity contribution in [2.75, 3.05) is 23.3 Å². The summed E-state index contributed by atoms with van der Waals surface area (Å²) < 4.78 is 1.03. The van der Waals surface area contributed by atoms with Crippen LogP contribution in [0.5, 0.6) is 0 Å². The molecule has 2 heterocycles. The third-order valence-electron chi connectivity index (χ3n) is 3.85. The number of halogens is 1. The van der Waals surface area contributed by atoms with Gasteiger partial charge >= 0.3 is 0 Å². The molecule has 0 atom stereocenters. The number of benzene rings is 1. The van der Waals surface area contributed by atoms with Crippen LogP contribution < -0.4 is 10.2 Å². The van der Waals surface area contributed by atoms with Gasteiger partial charge in [0.05, 0.1) is 0 Å². The molecule has 0 unspecified atom stereocenters. The topological polar surface area (TPSA) is 45.2 Å². The molecule has 114 valence electrons. The quantitative estimate of drug-likeness (QED) is 0.900. The van der Waals surface area contributed by atoms with E-state index in [1.165, 1.54) is 12.8 Å². The Bertz CT molecular complexity index is 696. The fourth-order valence-electron chi connectivity index (χ4n) is 2.60. The summed E-state index contributed by atoms with van der Waals surface area (Å²) in [6, 6.07) is 9.39. The van der Waals surface area contributed by atoms with Gasteiger partial charge in [-0.1, -0.05) is 15.9 Å². The Hall–Kier alpha value is -1.88. The van der Waals surface area contributed by atoms with Crippen LogP contribution in [0.15, 0.2) is 41.0 Å². The van der Waals surface area contributed by atoms with Crippen molar-refractivity contribution in [2.24, 2.45) is 0 Å². The van der Waals surface area contributed by atoms with Crippen molar-refractivity contribution >= 4 is 33.3 Å². The Morgan fingerprint density at radius 3 is 2.73 bits per heavy atom. The van der Waals surface area contributed by atoms with E-state index in [-0.39, 0.29) is 5.91 Å². The number of pyridine rings is 1. The third-order valence-corrected chi connectivity index (χ3v) is 4.74. The molecule has 1 aromatic heterocycles. The first-order valence-corrected chi connectivity index (χ1v) is 8.21. The van der Waals surface area contributed by atoms with Crippen molar-refractivity contribution in [3.05, 3.63) is 52.1 Å². The minimum atomic E-state index is -0.107. The Morgan fingerprint density at radius 2 is 2.00 bits per heavy atom. The van der Waals surface area contributed by atoms with Crippen LogP contribution in [0.25, 0.3) is 0 Å². The number of hydrogen-bond acceptors (Lipinski definition) is 3. The number of rotatable bonds is 3. The summed E-state index contributed by atoms with van der Waals surface area (Å²) in [7, 11) is 0. The first kappa shape index (κ1) is 15.0. The van der Waals surface area contributed by atoms with Crippen LogP contribution in [0.3, 0.4) is 0 Å². The normalized spacial score (nSPS) is 14.2. The zero-order valence-corrected chi connectivity index (χ0v) is 14.1. The molecule has 1 amide bonds. The minimum absolute atomic E-state index is 0.107. The lowest BCUT2D eigenvalue weighted by atomic mass is 10.2. The fourth-order valence-corrected chi connectivity index (χ4v) is 2.85. The summed E-state index contributed by atoms with van der Waals surface area (Å²) in [5.41, 5.74) is 2.52. The summed E-state index contributed by atoms with van der Waals surface area (Å²) in [5, 5.41) is 2.94. The monoisotopic (exact) mass is 359 g/mol. The van der Waals surface area contributed by atoms with E-state index in [9.17, 15) is 4.79 Å². The summed E-state index contributed by atoms with van der Waals surface area (Å²) in [6.45, 7) is 4.03. The second kappa shape index (κ2) is 6.48. The van der Waals surface area contributed by atoms with E-state index in [2.05, 4.69) is 31.1 Å². The van der Waals surface area contributed by atoms with Crippen molar-refractivity contribution in [1.29, 1.82) is 0 Å². The van der Waals surface area contributed by atoms with Crippen molar-refractivity contribution in [1.82, 2.24) is 4.98 Å². The van der Waals surface area contributed by atoms with E-state index < -0.39 is 0 Å². The first-order chi connectivity index (χ1) is 10.6. The molecule has 0 radical (unpaired) electrons. The van der Waals surface area contributed by atoms with Crippen molar-refractivity contribution in [3.8, 4) is 0 Å². The van der Waals surface area contributed by atoms with Crippen LogP contribution >= 0.6 is 15.9 Å². The molecule has 1 N–H and O–H groups in total. The highest BCUT2D eigenvalue weighted by molar-refractivity contribution is 9.10. The zero-order chi connectivity index (χ0) is 15.5. The van der Waals surface area contributed by atoms with E-state index in [4.69, 9.17) is 0 Å².